The molecule has 0 aromatic heterocycles. The van der Waals surface area contributed by atoms with Crippen molar-refractivity contribution in [1.82, 2.24) is 0 Å². The number of hydrogen-bond donors (Lipinski definition) is 1. The Kier molecular flexibility index (Phi) is 2.58. The smallest absolute Gasteiger partial charge is 0.123 e. The van der Waals surface area contributed by atoms with Crippen molar-refractivity contribution in [2.75, 3.05) is 11.4 Å². The summed E-state index contributed by atoms with van der Waals surface area (Å²) < 4.78 is 13.4. The van der Waals surface area contributed by atoms with Crippen LogP contribution in [0.5, 0.6) is 0 Å². The maximum absolute atomic E-state index is 13.4. The number of halogens is 1. The molecule has 0 radical (unpaired) electrons. The van der Waals surface area contributed by atoms with Crippen LogP contribution in [0.25, 0.3) is 0 Å². The summed E-state index contributed by atoms with van der Waals surface area (Å²) in [5.41, 5.74) is 8.34. The number of rotatable bonds is 2. The molecule has 1 aliphatic heterocycles. The van der Waals surface area contributed by atoms with Crippen LogP contribution in [-0.2, 0) is 0 Å². The van der Waals surface area contributed by atoms with Gasteiger partial charge in [-0.3, -0.25) is 0 Å². The van der Waals surface area contributed by atoms with Gasteiger partial charge < -0.3 is 10.6 Å². The zero-order valence-electron chi connectivity index (χ0n) is 10.2. The van der Waals surface area contributed by atoms with Gasteiger partial charge in [-0.1, -0.05) is 6.42 Å². The van der Waals surface area contributed by atoms with Crippen LogP contribution < -0.4 is 10.6 Å². The summed E-state index contributed by atoms with van der Waals surface area (Å²) in [5, 5.41) is 0. The van der Waals surface area contributed by atoms with Crippen molar-refractivity contribution in [3.63, 3.8) is 0 Å². The van der Waals surface area contributed by atoms with Crippen molar-refractivity contribution in [2.45, 2.75) is 44.2 Å². The molecular formula is C14H19FN2. The molecule has 0 saturated heterocycles. The molecule has 0 bridgehead atoms. The van der Waals surface area contributed by atoms with Crippen LogP contribution in [-0.4, -0.2) is 18.6 Å². The Morgan fingerprint density at radius 1 is 1.47 bits per heavy atom. The van der Waals surface area contributed by atoms with Crippen molar-refractivity contribution in [2.24, 2.45) is 5.73 Å². The first-order valence-corrected chi connectivity index (χ1v) is 6.48. The maximum Gasteiger partial charge on any atom is 0.123 e. The highest BCUT2D eigenvalue weighted by Crippen LogP contribution is 2.49. The van der Waals surface area contributed by atoms with Gasteiger partial charge in [0.05, 0.1) is 0 Å². The van der Waals surface area contributed by atoms with Crippen LogP contribution in [0.15, 0.2) is 18.2 Å². The summed E-state index contributed by atoms with van der Waals surface area (Å²) >= 11 is 0. The number of fused-ring (bicyclic) bond motifs is 3. The van der Waals surface area contributed by atoms with Crippen molar-refractivity contribution in [1.29, 1.82) is 0 Å². The number of benzene rings is 1. The first kappa shape index (κ1) is 11.0. The van der Waals surface area contributed by atoms with Crippen molar-refractivity contribution >= 4 is 5.69 Å². The molecule has 17 heavy (non-hydrogen) atoms. The highest BCUT2D eigenvalue weighted by molar-refractivity contribution is 5.62. The molecule has 1 saturated carbocycles. The molecule has 1 heterocycles. The van der Waals surface area contributed by atoms with Crippen molar-refractivity contribution in [3.8, 4) is 0 Å². The van der Waals surface area contributed by atoms with E-state index in [1.54, 1.807) is 12.1 Å². The lowest BCUT2D eigenvalue weighted by Crippen LogP contribution is -2.40. The van der Waals surface area contributed by atoms with Gasteiger partial charge in [-0.2, -0.15) is 0 Å². The second kappa shape index (κ2) is 3.98. The molecule has 2 aliphatic rings. The Bertz CT molecular complexity index is 430. The van der Waals surface area contributed by atoms with Gasteiger partial charge in [0.1, 0.15) is 5.82 Å². The molecule has 0 spiro atoms. The fourth-order valence-corrected chi connectivity index (χ4v) is 3.48. The quantitative estimate of drug-likeness (QED) is 0.852. The third-order valence-electron chi connectivity index (χ3n) is 4.06. The Morgan fingerprint density at radius 3 is 3.06 bits per heavy atom. The standard InChI is InChI=1S/C14H19FN2/c1-9(16)8-17-13-4-2-3-11(13)12-7-10(15)5-6-14(12)17/h5-7,9,11,13H,2-4,8,16H2,1H3/t9-,11?,13?/m0/s1. The predicted octanol–water partition coefficient (Wildman–Crippen LogP) is 2.63. The number of nitrogens with two attached hydrogens (primary N) is 1. The molecule has 3 rings (SSSR count). The Labute approximate surface area is 102 Å². The fourth-order valence-electron chi connectivity index (χ4n) is 3.48. The molecule has 2 nitrogen and oxygen atoms in total. The molecule has 1 aromatic carbocycles. The highest BCUT2D eigenvalue weighted by Gasteiger charge is 2.41. The van der Waals surface area contributed by atoms with Gasteiger partial charge in [0.25, 0.3) is 0 Å². The van der Waals surface area contributed by atoms with Gasteiger partial charge in [-0.15, -0.1) is 0 Å². The normalized spacial score (nSPS) is 28.1. The molecule has 92 valence electrons. The lowest BCUT2D eigenvalue weighted by Gasteiger charge is -2.28. The van der Waals surface area contributed by atoms with Gasteiger partial charge in [-0.05, 0) is 43.5 Å². The van der Waals surface area contributed by atoms with Gasteiger partial charge in [0, 0.05) is 30.2 Å². The van der Waals surface area contributed by atoms with Gasteiger partial charge in [0.15, 0.2) is 0 Å². The van der Waals surface area contributed by atoms with Crippen molar-refractivity contribution < 1.29 is 4.39 Å². The third-order valence-corrected chi connectivity index (χ3v) is 4.06. The average molecular weight is 234 g/mol. The molecule has 1 aliphatic carbocycles. The third kappa shape index (κ3) is 1.73. The summed E-state index contributed by atoms with van der Waals surface area (Å²) in [6, 6.07) is 5.92. The summed E-state index contributed by atoms with van der Waals surface area (Å²) in [4.78, 5) is 2.40. The fraction of sp³-hybridized carbons (Fsp3) is 0.571. The van der Waals surface area contributed by atoms with E-state index < -0.39 is 0 Å². The lowest BCUT2D eigenvalue weighted by molar-refractivity contribution is 0.561. The van der Waals surface area contributed by atoms with Crippen LogP contribution in [0, 0.1) is 5.82 Å². The number of anilines is 1. The second-order valence-corrected chi connectivity index (χ2v) is 5.44. The van der Waals surface area contributed by atoms with E-state index in [0.29, 0.717) is 12.0 Å². The van der Waals surface area contributed by atoms with E-state index in [0.717, 1.165) is 6.54 Å². The minimum absolute atomic E-state index is 0.114. The van der Waals surface area contributed by atoms with E-state index in [-0.39, 0.29) is 11.9 Å². The first-order valence-electron chi connectivity index (χ1n) is 6.48. The van der Waals surface area contributed by atoms with Gasteiger partial charge in [-0.25, -0.2) is 4.39 Å². The van der Waals surface area contributed by atoms with E-state index in [2.05, 4.69) is 4.90 Å². The number of hydrogen-bond acceptors (Lipinski definition) is 2. The van der Waals surface area contributed by atoms with Crippen LogP contribution in [0.4, 0.5) is 10.1 Å². The zero-order valence-corrected chi connectivity index (χ0v) is 10.2. The molecule has 3 atom stereocenters. The molecular weight excluding hydrogens is 215 g/mol. The van der Waals surface area contributed by atoms with E-state index in [1.165, 1.54) is 30.5 Å². The summed E-state index contributed by atoms with van der Waals surface area (Å²) in [5.74, 6) is 0.413. The zero-order chi connectivity index (χ0) is 12.0. The molecule has 0 amide bonds. The SMILES string of the molecule is C[C@H](N)CN1c2ccc(F)cc2C2CCCC21. The monoisotopic (exact) mass is 234 g/mol. The molecule has 3 heteroatoms. The van der Waals surface area contributed by atoms with Crippen LogP contribution in [0.1, 0.15) is 37.7 Å². The molecule has 2 unspecified atom stereocenters. The Hall–Kier alpha value is -1.09. The Balaban J connectivity index is 2.01. The van der Waals surface area contributed by atoms with Gasteiger partial charge in [0.2, 0.25) is 0 Å². The van der Waals surface area contributed by atoms with E-state index in [4.69, 9.17) is 5.73 Å². The van der Waals surface area contributed by atoms with E-state index >= 15 is 0 Å². The predicted molar refractivity (Wildman–Crippen MR) is 67.8 cm³/mol. The summed E-state index contributed by atoms with van der Waals surface area (Å²) in [6.45, 7) is 2.91. The van der Waals surface area contributed by atoms with Crippen LogP contribution in [0.2, 0.25) is 0 Å². The van der Waals surface area contributed by atoms with E-state index in [1.807, 2.05) is 13.0 Å². The lowest BCUT2D eigenvalue weighted by atomic mass is 9.97. The molecule has 1 fully saturated rings. The summed E-state index contributed by atoms with van der Waals surface area (Å²) in [6.07, 6.45) is 3.66. The average Bonchev–Trinajstić information content (AvgIpc) is 2.82. The van der Waals surface area contributed by atoms with Crippen LogP contribution in [0.3, 0.4) is 0 Å². The minimum atomic E-state index is -0.114. The highest BCUT2D eigenvalue weighted by atomic mass is 19.1. The minimum Gasteiger partial charge on any atom is -0.366 e. The maximum atomic E-state index is 13.4. The first-order chi connectivity index (χ1) is 8.16. The van der Waals surface area contributed by atoms with Crippen molar-refractivity contribution in [3.05, 3.63) is 29.6 Å². The number of nitrogens with zero attached hydrogens (tertiary/aromatic N) is 1. The summed E-state index contributed by atoms with van der Waals surface area (Å²) in [7, 11) is 0. The second-order valence-electron chi connectivity index (χ2n) is 5.44. The van der Waals surface area contributed by atoms with E-state index in [9.17, 15) is 4.39 Å². The van der Waals surface area contributed by atoms with Gasteiger partial charge >= 0.3 is 0 Å². The Morgan fingerprint density at radius 2 is 2.29 bits per heavy atom. The largest absolute Gasteiger partial charge is 0.366 e. The topological polar surface area (TPSA) is 29.3 Å². The molecule has 1 aromatic rings. The molecule has 2 N–H and O–H groups in total. The van der Waals surface area contributed by atoms with Crippen LogP contribution >= 0.6 is 0 Å².